The molecule has 0 spiro atoms. The Morgan fingerprint density at radius 2 is 1.62 bits per heavy atom. The van der Waals surface area contributed by atoms with E-state index >= 15 is 0 Å². The third-order valence-electron chi connectivity index (χ3n) is 4.84. The van der Waals surface area contributed by atoms with Gasteiger partial charge in [0.1, 0.15) is 5.60 Å². The maximum Gasteiger partial charge on any atom is 0.410 e. The van der Waals surface area contributed by atoms with E-state index in [4.69, 9.17) is 4.74 Å². The number of anilines is 1. The Balaban J connectivity index is 1.90. The normalized spacial score (nSPS) is 17.1. The first-order chi connectivity index (χ1) is 14.6. The number of piperidine rings is 1. The first kappa shape index (κ1) is 26.4. The van der Waals surface area contributed by atoms with Gasteiger partial charge in [0.2, 0.25) is 20.0 Å². The Hall–Kier alpha value is -1.89. The molecule has 0 aliphatic carbocycles. The lowest BCUT2D eigenvalue weighted by atomic mass is 10.0. The van der Waals surface area contributed by atoms with Crippen molar-refractivity contribution in [2.45, 2.75) is 51.4 Å². The Morgan fingerprint density at radius 3 is 2.06 bits per heavy atom. The van der Waals surface area contributed by atoms with Gasteiger partial charge in [-0.2, -0.15) is 3.71 Å². The monoisotopic (exact) mass is 491 g/mol. The van der Waals surface area contributed by atoms with Gasteiger partial charge in [-0.05, 0) is 51.3 Å². The van der Waals surface area contributed by atoms with Gasteiger partial charge in [-0.15, -0.1) is 0 Å². The van der Waals surface area contributed by atoms with E-state index in [9.17, 15) is 26.7 Å². The molecule has 12 heteroatoms. The van der Waals surface area contributed by atoms with E-state index in [1.165, 1.54) is 24.3 Å². The van der Waals surface area contributed by atoms with Crippen LogP contribution in [0.4, 0.5) is 10.5 Å². The average molecular weight is 492 g/mol. The van der Waals surface area contributed by atoms with E-state index < -0.39 is 31.8 Å². The van der Waals surface area contributed by atoms with Gasteiger partial charge < -0.3 is 20.1 Å². The predicted molar refractivity (Wildman–Crippen MR) is 122 cm³/mol. The van der Waals surface area contributed by atoms with Crippen LogP contribution in [0.25, 0.3) is 0 Å². The van der Waals surface area contributed by atoms with Crippen LogP contribution in [-0.2, 0) is 24.8 Å². The van der Waals surface area contributed by atoms with E-state index in [-0.39, 0.29) is 24.4 Å². The van der Waals surface area contributed by atoms with E-state index in [2.05, 4.69) is 5.32 Å². The third-order valence-corrected chi connectivity index (χ3v) is 8.09. The predicted octanol–water partition coefficient (Wildman–Crippen LogP) is 1.43. The van der Waals surface area contributed by atoms with Crippen molar-refractivity contribution in [2.24, 2.45) is 0 Å². The molecule has 0 radical (unpaired) electrons. The number of rotatable bonds is 7. The largest absolute Gasteiger partial charge is 0.444 e. The van der Waals surface area contributed by atoms with E-state index in [0.29, 0.717) is 22.4 Å². The van der Waals surface area contributed by atoms with Crippen LogP contribution in [0.5, 0.6) is 0 Å². The molecule has 1 heterocycles. The van der Waals surface area contributed by atoms with Crippen molar-refractivity contribution in [3.05, 3.63) is 29.8 Å². The van der Waals surface area contributed by atoms with Crippen LogP contribution in [0.2, 0.25) is 0 Å². The highest BCUT2D eigenvalue weighted by Gasteiger charge is 2.28. The maximum atomic E-state index is 12.1. The van der Waals surface area contributed by atoms with Crippen LogP contribution in [0.15, 0.2) is 24.3 Å². The zero-order valence-electron chi connectivity index (χ0n) is 19.1. The molecule has 2 N–H and O–H groups in total. The number of aliphatic hydroxyl groups is 1. The number of likely N-dealkylation sites (tertiary alicyclic amines) is 1. The second kappa shape index (κ2) is 9.94. The van der Waals surface area contributed by atoms with Crippen LogP contribution in [0.3, 0.4) is 0 Å². The summed E-state index contributed by atoms with van der Waals surface area (Å²) in [7, 11) is -8.04. The van der Waals surface area contributed by atoms with Crippen molar-refractivity contribution in [2.75, 3.05) is 35.9 Å². The minimum Gasteiger partial charge on any atom is -0.444 e. The van der Waals surface area contributed by atoms with Crippen LogP contribution in [0.1, 0.15) is 45.3 Å². The van der Waals surface area contributed by atoms with Gasteiger partial charge in [0.05, 0.1) is 24.3 Å². The fraction of sp³-hybridized carbons (Fsp3) is 0.650. The molecule has 1 atom stereocenters. The summed E-state index contributed by atoms with van der Waals surface area (Å²) in [6.45, 7) is 6.86. The molecular weight excluding hydrogens is 458 g/mol. The number of aliphatic hydroxyl groups excluding tert-OH is 1. The molecule has 1 aromatic rings. The first-order valence-electron chi connectivity index (χ1n) is 10.3. The molecule has 1 aliphatic heterocycles. The number of nitrogens with one attached hydrogen (secondary N) is 1. The lowest BCUT2D eigenvalue weighted by molar-refractivity contribution is 0.0194. The minimum absolute atomic E-state index is 0.0200. The Kier molecular flexibility index (Phi) is 8.19. The van der Waals surface area contributed by atoms with Crippen LogP contribution >= 0.6 is 0 Å². The fourth-order valence-corrected chi connectivity index (χ4v) is 6.41. The van der Waals surface area contributed by atoms with Crippen molar-refractivity contribution < 1.29 is 31.5 Å². The molecule has 10 nitrogen and oxygen atoms in total. The van der Waals surface area contributed by atoms with Crippen LogP contribution in [0, 0.1) is 0 Å². The van der Waals surface area contributed by atoms with E-state index in [0.717, 1.165) is 25.4 Å². The highest BCUT2D eigenvalue weighted by molar-refractivity contribution is 8.09. The summed E-state index contributed by atoms with van der Waals surface area (Å²) >= 11 is 0. The highest BCUT2D eigenvalue weighted by Crippen LogP contribution is 2.24. The molecule has 1 fully saturated rings. The number of benzene rings is 1. The molecule has 32 heavy (non-hydrogen) atoms. The van der Waals surface area contributed by atoms with Crippen molar-refractivity contribution in [1.29, 1.82) is 0 Å². The second-order valence-electron chi connectivity index (χ2n) is 8.98. The number of hydrogen-bond donors (Lipinski definition) is 2. The van der Waals surface area contributed by atoms with Crippen LogP contribution < -0.4 is 9.03 Å². The van der Waals surface area contributed by atoms with E-state index in [1.807, 2.05) is 20.8 Å². The number of amides is 1. The van der Waals surface area contributed by atoms with Gasteiger partial charge in [0.25, 0.3) is 0 Å². The number of hydrogen-bond acceptors (Lipinski definition) is 8. The summed E-state index contributed by atoms with van der Waals surface area (Å²) < 4.78 is 53.2. The third kappa shape index (κ3) is 7.61. The summed E-state index contributed by atoms with van der Waals surface area (Å²) in [4.78, 5) is 13.8. The summed E-state index contributed by atoms with van der Waals surface area (Å²) in [5.41, 5.74) is -0.0336. The van der Waals surface area contributed by atoms with E-state index in [1.54, 1.807) is 4.90 Å². The van der Waals surface area contributed by atoms with Crippen molar-refractivity contribution >= 4 is 31.8 Å². The van der Waals surface area contributed by atoms with Gasteiger partial charge >= 0.3 is 6.09 Å². The molecule has 0 bridgehead atoms. The minimum atomic E-state index is -4.02. The lowest BCUT2D eigenvalue weighted by Gasteiger charge is -2.34. The fourth-order valence-electron chi connectivity index (χ4n) is 3.44. The molecule has 1 saturated heterocycles. The standard InChI is InChI=1S/C20H33N3O7S2/c1-20(2,3)30-19(25)22-12-10-16(11-13-22)21-14-18(24)15-6-8-17(9-7-15)23(31(4,26)27)32(5,28)29/h6-9,16,18,21,24H,10-14H2,1-5H3. The van der Waals surface area contributed by atoms with Crippen LogP contribution in [-0.4, -0.2) is 76.7 Å². The highest BCUT2D eigenvalue weighted by atomic mass is 32.3. The first-order valence-corrected chi connectivity index (χ1v) is 14.0. The smallest absolute Gasteiger partial charge is 0.410 e. The average Bonchev–Trinajstić information content (AvgIpc) is 2.63. The Labute approximate surface area is 190 Å². The van der Waals surface area contributed by atoms with Crippen molar-refractivity contribution in [3.63, 3.8) is 0 Å². The van der Waals surface area contributed by atoms with Gasteiger partial charge in [0.15, 0.2) is 0 Å². The number of sulfonamides is 2. The molecule has 0 aromatic heterocycles. The summed E-state index contributed by atoms with van der Waals surface area (Å²) in [6.07, 6.45) is 1.89. The van der Waals surface area contributed by atoms with Gasteiger partial charge in [0, 0.05) is 25.7 Å². The topological polar surface area (TPSA) is 133 Å². The zero-order chi connectivity index (χ0) is 24.3. The summed E-state index contributed by atoms with van der Waals surface area (Å²) in [6, 6.07) is 5.82. The Morgan fingerprint density at radius 1 is 1.12 bits per heavy atom. The quantitative estimate of drug-likeness (QED) is 0.585. The number of carbonyl (C=O) groups is 1. The van der Waals surface area contributed by atoms with Gasteiger partial charge in [-0.25, -0.2) is 21.6 Å². The number of ether oxygens (including phenoxy) is 1. The summed E-state index contributed by atoms with van der Waals surface area (Å²) in [5, 5.41) is 13.8. The number of nitrogens with zero attached hydrogens (tertiary/aromatic N) is 2. The zero-order valence-corrected chi connectivity index (χ0v) is 20.7. The summed E-state index contributed by atoms with van der Waals surface area (Å²) in [5.74, 6) is 0. The van der Waals surface area contributed by atoms with Crippen molar-refractivity contribution in [3.8, 4) is 0 Å². The molecule has 1 aromatic carbocycles. The second-order valence-corrected chi connectivity index (χ2v) is 12.9. The van der Waals surface area contributed by atoms with Crippen molar-refractivity contribution in [1.82, 2.24) is 10.2 Å². The molecule has 2 rings (SSSR count). The lowest BCUT2D eigenvalue weighted by Crippen LogP contribution is -2.47. The Bertz CT molecular complexity index is 963. The molecule has 1 aliphatic rings. The van der Waals surface area contributed by atoms with Gasteiger partial charge in [-0.3, -0.25) is 0 Å². The molecular formula is C20H33N3O7S2. The number of carbonyl (C=O) groups excluding carboxylic acids is 1. The molecule has 1 unspecified atom stereocenters. The van der Waals surface area contributed by atoms with Gasteiger partial charge in [-0.1, -0.05) is 12.1 Å². The molecule has 1 amide bonds. The maximum absolute atomic E-state index is 12.1. The SMILES string of the molecule is CC(C)(C)OC(=O)N1CCC(NCC(O)c2ccc(N(S(C)(=O)=O)S(C)(=O)=O)cc2)CC1. The molecule has 0 saturated carbocycles. The molecule has 182 valence electrons.